The van der Waals surface area contributed by atoms with Gasteiger partial charge in [-0.3, -0.25) is 9.59 Å². The Balaban J connectivity index is 1.53. The number of carbonyl (C=O) groups excluding carboxylic acids is 1. The van der Waals surface area contributed by atoms with E-state index in [0.717, 1.165) is 55.8 Å². The summed E-state index contributed by atoms with van der Waals surface area (Å²) in [7, 11) is 0. The Bertz CT molecular complexity index is 846. The van der Waals surface area contributed by atoms with Crippen LogP contribution in [0.5, 0.6) is 5.75 Å². The van der Waals surface area contributed by atoms with Crippen molar-refractivity contribution >= 4 is 5.91 Å². The van der Waals surface area contributed by atoms with Crippen LogP contribution in [0.2, 0.25) is 0 Å². The average molecular weight is 339 g/mol. The molecule has 1 fully saturated rings. The summed E-state index contributed by atoms with van der Waals surface area (Å²) in [6.07, 6.45) is 5.24. The Morgan fingerprint density at radius 2 is 2.20 bits per heavy atom. The van der Waals surface area contributed by atoms with Crippen LogP contribution in [0, 0.1) is 0 Å². The van der Waals surface area contributed by atoms with E-state index in [0.29, 0.717) is 12.1 Å². The van der Waals surface area contributed by atoms with Crippen LogP contribution in [0.3, 0.4) is 0 Å². The minimum atomic E-state index is -0.150. The van der Waals surface area contributed by atoms with Crippen LogP contribution < -0.4 is 10.3 Å². The monoisotopic (exact) mass is 339 g/mol. The van der Waals surface area contributed by atoms with Crippen LogP contribution in [0.25, 0.3) is 0 Å². The van der Waals surface area contributed by atoms with Crippen molar-refractivity contribution in [3.8, 4) is 5.75 Å². The summed E-state index contributed by atoms with van der Waals surface area (Å²) in [6, 6.07) is 7.25. The number of aromatic amines is 1. The minimum Gasteiger partial charge on any atom is -0.493 e. The molecule has 0 saturated carbocycles. The van der Waals surface area contributed by atoms with Crippen molar-refractivity contribution in [3.63, 3.8) is 0 Å². The number of aromatic nitrogens is 2. The lowest BCUT2D eigenvalue weighted by molar-refractivity contribution is 0.0705. The van der Waals surface area contributed by atoms with E-state index >= 15 is 0 Å². The topological polar surface area (TPSA) is 75.3 Å². The number of nitrogens with zero attached hydrogens (tertiary/aromatic N) is 2. The highest BCUT2D eigenvalue weighted by molar-refractivity contribution is 5.94. The maximum atomic E-state index is 12.9. The molecule has 3 heterocycles. The molecule has 1 aromatic carbocycles. The van der Waals surface area contributed by atoms with Crippen LogP contribution >= 0.6 is 0 Å². The second-order valence-corrected chi connectivity index (χ2v) is 6.70. The van der Waals surface area contributed by atoms with E-state index in [1.165, 1.54) is 12.4 Å². The molecule has 4 rings (SSSR count). The Morgan fingerprint density at radius 3 is 3.08 bits per heavy atom. The smallest absolute Gasteiger partial charge is 0.253 e. The number of nitrogens with one attached hydrogen (secondary N) is 1. The molecule has 1 saturated heterocycles. The fourth-order valence-corrected chi connectivity index (χ4v) is 3.69. The first-order valence-electron chi connectivity index (χ1n) is 8.80. The standard InChI is InChI=1S/C19H21N3O3/c23-18-10-16(20-12-21-18)15-3-1-7-22(11-15)19(24)14-5-6-17-13(9-14)4-2-8-25-17/h5-6,9-10,12,15H,1-4,7-8,11H2,(H,20,21,23)/t15-/m1/s1. The van der Waals surface area contributed by atoms with E-state index in [1.54, 1.807) is 0 Å². The second-order valence-electron chi connectivity index (χ2n) is 6.70. The van der Waals surface area contributed by atoms with Crippen molar-refractivity contribution in [2.75, 3.05) is 19.7 Å². The molecule has 6 heteroatoms. The number of carbonyl (C=O) groups is 1. The lowest BCUT2D eigenvalue weighted by atomic mass is 9.93. The highest BCUT2D eigenvalue weighted by Gasteiger charge is 2.27. The molecule has 0 bridgehead atoms. The van der Waals surface area contributed by atoms with E-state index in [-0.39, 0.29) is 17.4 Å². The van der Waals surface area contributed by atoms with Gasteiger partial charge in [-0.05, 0) is 49.4 Å². The number of rotatable bonds is 2. The number of H-pyrrole nitrogens is 1. The predicted octanol–water partition coefficient (Wildman–Crippen LogP) is 2.11. The van der Waals surface area contributed by atoms with Crippen LogP contribution in [-0.4, -0.2) is 40.5 Å². The first kappa shape index (κ1) is 15.9. The fourth-order valence-electron chi connectivity index (χ4n) is 3.69. The maximum Gasteiger partial charge on any atom is 0.253 e. The third-order valence-corrected chi connectivity index (χ3v) is 4.98. The number of benzene rings is 1. The normalized spacial score (nSPS) is 19.8. The van der Waals surface area contributed by atoms with Crippen molar-refractivity contribution in [2.45, 2.75) is 31.6 Å². The summed E-state index contributed by atoms with van der Waals surface area (Å²) in [5.74, 6) is 1.05. The molecule has 0 spiro atoms. The highest BCUT2D eigenvalue weighted by atomic mass is 16.5. The molecular weight excluding hydrogens is 318 g/mol. The summed E-state index contributed by atoms with van der Waals surface area (Å²) in [5.41, 5.74) is 2.44. The molecule has 2 aliphatic heterocycles. The van der Waals surface area contributed by atoms with E-state index in [9.17, 15) is 9.59 Å². The van der Waals surface area contributed by atoms with Gasteiger partial charge < -0.3 is 14.6 Å². The summed E-state index contributed by atoms with van der Waals surface area (Å²) in [4.78, 5) is 33.1. The van der Waals surface area contributed by atoms with Crippen molar-refractivity contribution in [2.24, 2.45) is 0 Å². The number of amides is 1. The fraction of sp³-hybridized carbons (Fsp3) is 0.421. The molecule has 0 radical (unpaired) electrons. The number of ether oxygens (including phenoxy) is 1. The van der Waals surface area contributed by atoms with Crippen LogP contribution in [0.4, 0.5) is 0 Å². The van der Waals surface area contributed by atoms with E-state index in [2.05, 4.69) is 9.97 Å². The van der Waals surface area contributed by atoms with Crippen LogP contribution in [0.15, 0.2) is 35.4 Å². The SMILES string of the molecule is O=C(c1ccc2c(c1)CCCO2)N1CCC[C@@H](c2cc(=O)[nH]cn2)C1. The van der Waals surface area contributed by atoms with Gasteiger partial charge in [-0.2, -0.15) is 0 Å². The van der Waals surface area contributed by atoms with Gasteiger partial charge in [0.05, 0.1) is 18.6 Å². The van der Waals surface area contributed by atoms with E-state index in [1.807, 2.05) is 23.1 Å². The molecule has 1 amide bonds. The van der Waals surface area contributed by atoms with Gasteiger partial charge in [0.2, 0.25) is 0 Å². The minimum absolute atomic E-state index is 0.0444. The predicted molar refractivity (Wildman–Crippen MR) is 93.0 cm³/mol. The zero-order valence-electron chi connectivity index (χ0n) is 14.0. The first-order valence-corrected chi connectivity index (χ1v) is 8.80. The molecule has 25 heavy (non-hydrogen) atoms. The number of aryl methyl sites for hydroxylation is 1. The van der Waals surface area contributed by atoms with Gasteiger partial charge in [0.25, 0.3) is 11.5 Å². The van der Waals surface area contributed by atoms with Crippen LogP contribution in [0.1, 0.15) is 46.8 Å². The number of fused-ring (bicyclic) bond motifs is 1. The second kappa shape index (κ2) is 6.70. The molecule has 0 unspecified atom stereocenters. The van der Waals surface area contributed by atoms with Gasteiger partial charge in [0.15, 0.2) is 0 Å². The third kappa shape index (κ3) is 3.29. The van der Waals surface area contributed by atoms with E-state index in [4.69, 9.17) is 4.74 Å². The molecule has 1 N–H and O–H groups in total. The van der Waals surface area contributed by atoms with Gasteiger partial charge in [0, 0.05) is 30.6 Å². The molecule has 1 atom stereocenters. The first-order chi connectivity index (χ1) is 12.2. The molecule has 2 aromatic rings. The Morgan fingerprint density at radius 1 is 1.28 bits per heavy atom. The Labute approximate surface area is 145 Å². The quantitative estimate of drug-likeness (QED) is 0.909. The zero-order valence-corrected chi connectivity index (χ0v) is 14.0. The summed E-state index contributed by atoms with van der Waals surface area (Å²) >= 11 is 0. The summed E-state index contributed by atoms with van der Waals surface area (Å²) in [5, 5.41) is 0. The van der Waals surface area contributed by atoms with Crippen molar-refractivity contribution < 1.29 is 9.53 Å². The third-order valence-electron chi connectivity index (χ3n) is 4.98. The maximum absolute atomic E-state index is 12.9. The highest BCUT2D eigenvalue weighted by Crippen LogP contribution is 2.28. The molecule has 6 nitrogen and oxygen atoms in total. The molecule has 1 aromatic heterocycles. The number of hydrogen-bond donors (Lipinski definition) is 1. The average Bonchev–Trinajstić information content (AvgIpc) is 2.67. The molecule has 130 valence electrons. The lowest BCUT2D eigenvalue weighted by Gasteiger charge is -2.32. The molecule has 2 aliphatic rings. The lowest BCUT2D eigenvalue weighted by Crippen LogP contribution is -2.39. The van der Waals surface area contributed by atoms with Crippen LogP contribution in [-0.2, 0) is 6.42 Å². The van der Waals surface area contributed by atoms with Gasteiger partial charge in [-0.25, -0.2) is 4.98 Å². The number of piperidine rings is 1. The summed E-state index contributed by atoms with van der Waals surface area (Å²) in [6.45, 7) is 2.09. The van der Waals surface area contributed by atoms with Gasteiger partial charge in [-0.15, -0.1) is 0 Å². The van der Waals surface area contributed by atoms with Gasteiger partial charge in [0.1, 0.15) is 5.75 Å². The van der Waals surface area contributed by atoms with Gasteiger partial charge >= 0.3 is 0 Å². The number of hydrogen-bond acceptors (Lipinski definition) is 4. The van der Waals surface area contributed by atoms with Crippen molar-refractivity contribution in [1.82, 2.24) is 14.9 Å². The van der Waals surface area contributed by atoms with Crippen molar-refractivity contribution in [3.05, 3.63) is 57.8 Å². The number of likely N-dealkylation sites (tertiary alicyclic amines) is 1. The Hall–Kier alpha value is -2.63. The Kier molecular flexibility index (Phi) is 4.26. The van der Waals surface area contributed by atoms with Crippen molar-refractivity contribution in [1.29, 1.82) is 0 Å². The molecule has 0 aliphatic carbocycles. The van der Waals surface area contributed by atoms with E-state index < -0.39 is 0 Å². The summed E-state index contributed by atoms with van der Waals surface area (Å²) < 4.78 is 5.62. The molecular formula is C19H21N3O3. The zero-order chi connectivity index (χ0) is 17.2. The van der Waals surface area contributed by atoms with Gasteiger partial charge in [-0.1, -0.05) is 0 Å². The largest absolute Gasteiger partial charge is 0.493 e.